The monoisotopic (exact) mass is 759 g/mol. The Hall–Kier alpha value is -2.37. The summed E-state index contributed by atoms with van der Waals surface area (Å²) >= 11 is 0. The van der Waals surface area contributed by atoms with E-state index in [-0.39, 0.29) is 31.6 Å². The third-order valence-corrected chi connectivity index (χ3v) is 9.94. The van der Waals surface area contributed by atoms with Crippen LogP contribution < -0.4 is 0 Å². The van der Waals surface area contributed by atoms with E-state index in [9.17, 15) is 14.4 Å². The highest BCUT2D eigenvalue weighted by molar-refractivity contribution is 5.72. The maximum atomic E-state index is 12.7. The Morgan fingerprint density at radius 2 is 0.722 bits per heavy atom. The molecule has 0 bridgehead atoms. The first-order chi connectivity index (χ1) is 26.5. The topological polar surface area (TPSA) is 78.9 Å². The molecule has 0 saturated carbocycles. The van der Waals surface area contributed by atoms with Gasteiger partial charge in [0.25, 0.3) is 0 Å². The maximum Gasteiger partial charge on any atom is 0.309 e. The minimum atomic E-state index is -0.799. The molecule has 0 radical (unpaired) electrons. The lowest BCUT2D eigenvalue weighted by atomic mass is 10.0. The Morgan fingerprint density at radius 1 is 0.389 bits per heavy atom. The van der Waals surface area contributed by atoms with Gasteiger partial charge >= 0.3 is 17.9 Å². The molecule has 0 aliphatic heterocycles. The molecule has 1 unspecified atom stereocenters. The van der Waals surface area contributed by atoms with Crippen molar-refractivity contribution in [3.63, 3.8) is 0 Å². The first-order valence-electron chi connectivity index (χ1n) is 23.0. The van der Waals surface area contributed by atoms with E-state index in [0.717, 1.165) is 57.8 Å². The van der Waals surface area contributed by atoms with Crippen molar-refractivity contribution < 1.29 is 28.6 Å². The van der Waals surface area contributed by atoms with E-state index in [0.29, 0.717) is 12.8 Å². The summed E-state index contributed by atoms with van der Waals surface area (Å²) in [5.74, 6) is -1.02. The van der Waals surface area contributed by atoms with E-state index in [1.54, 1.807) is 6.08 Å². The number of esters is 3. The van der Waals surface area contributed by atoms with Gasteiger partial charge in [-0.15, -0.1) is 0 Å². The number of ether oxygens (including phenoxy) is 3. The molecule has 0 rings (SSSR count). The van der Waals surface area contributed by atoms with Crippen molar-refractivity contribution >= 4 is 17.9 Å². The van der Waals surface area contributed by atoms with Crippen LogP contribution in [0.2, 0.25) is 0 Å². The molecule has 0 aliphatic rings. The van der Waals surface area contributed by atoms with Gasteiger partial charge in [-0.3, -0.25) is 14.4 Å². The van der Waals surface area contributed by atoms with Crippen LogP contribution in [-0.4, -0.2) is 37.2 Å². The second-order valence-corrected chi connectivity index (χ2v) is 15.3. The van der Waals surface area contributed by atoms with Gasteiger partial charge in [0.1, 0.15) is 13.2 Å². The Kier molecular flexibility index (Phi) is 41.5. The standard InChI is InChI=1S/C48H86O6/c1-4-7-10-13-16-19-21-22-23-24-25-26-27-30-32-35-38-41-47(50)53-44-45(43-52-46(49)40-37-34-31-28-18-15-12-9-6-3)54-48(51)42-39-36-33-29-20-17-14-11-8-5-2/h9,12,18,28,34,37,45H,4-8,10-11,13-17,19-27,29-33,35-36,38-44H2,1-3H3/b12-9-,28-18-,37-34-. The molecule has 0 fully saturated rings. The van der Waals surface area contributed by atoms with Gasteiger partial charge in [0.2, 0.25) is 0 Å². The van der Waals surface area contributed by atoms with Crippen LogP contribution in [0.1, 0.15) is 233 Å². The lowest BCUT2D eigenvalue weighted by molar-refractivity contribution is -0.166. The van der Waals surface area contributed by atoms with Crippen molar-refractivity contribution in [2.75, 3.05) is 13.2 Å². The molecule has 0 heterocycles. The number of carbonyl (C=O) groups excluding carboxylic acids is 3. The lowest BCUT2D eigenvalue weighted by Crippen LogP contribution is -2.30. The molecule has 0 N–H and O–H groups in total. The number of hydrogen-bond donors (Lipinski definition) is 0. The zero-order chi connectivity index (χ0) is 39.4. The molecule has 0 aromatic heterocycles. The van der Waals surface area contributed by atoms with Crippen LogP contribution in [0.15, 0.2) is 36.5 Å². The maximum absolute atomic E-state index is 12.7. The number of unbranched alkanes of at least 4 members (excludes halogenated alkanes) is 25. The molecule has 0 aliphatic carbocycles. The molecular weight excluding hydrogens is 673 g/mol. The largest absolute Gasteiger partial charge is 0.462 e. The predicted octanol–water partition coefficient (Wildman–Crippen LogP) is 14.6. The summed E-state index contributed by atoms with van der Waals surface area (Å²) in [5, 5.41) is 0. The molecule has 54 heavy (non-hydrogen) atoms. The van der Waals surface area contributed by atoms with Crippen LogP contribution in [0, 0.1) is 0 Å². The van der Waals surface area contributed by atoms with Crippen molar-refractivity contribution in [3.05, 3.63) is 36.5 Å². The molecule has 6 nitrogen and oxygen atoms in total. The van der Waals surface area contributed by atoms with Crippen molar-refractivity contribution in [2.45, 2.75) is 239 Å². The fourth-order valence-corrected chi connectivity index (χ4v) is 6.50. The number of carbonyl (C=O) groups is 3. The molecule has 0 spiro atoms. The number of hydrogen-bond acceptors (Lipinski definition) is 6. The first-order valence-corrected chi connectivity index (χ1v) is 23.0. The summed E-state index contributed by atoms with van der Waals surface area (Å²) in [7, 11) is 0. The van der Waals surface area contributed by atoms with Crippen LogP contribution in [0.3, 0.4) is 0 Å². The average molecular weight is 759 g/mol. The third-order valence-electron chi connectivity index (χ3n) is 9.94. The van der Waals surface area contributed by atoms with Crippen LogP contribution >= 0.6 is 0 Å². The Bertz CT molecular complexity index is 922. The highest BCUT2D eigenvalue weighted by Crippen LogP contribution is 2.15. The molecular formula is C48H86O6. The third kappa shape index (κ3) is 40.8. The second kappa shape index (κ2) is 43.4. The molecule has 0 aromatic rings. The van der Waals surface area contributed by atoms with Gasteiger partial charge in [-0.1, -0.05) is 218 Å². The Labute approximate surface area is 334 Å². The van der Waals surface area contributed by atoms with Crippen LogP contribution in [0.5, 0.6) is 0 Å². The predicted molar refractivity (Wildman–Crippen MR) is 229 cm³/mol. The smallest absolute Gasteiger partial charge is 0.309 e. The van der Waals surface area contributed by atoms with Crippen LogP contribution in [-0.2, 0) is 28.6 Å². The van der Waals surface area contributed by atoms with Crippen LogP contribution in [0.25, 0.3) is 0 Å². The summed E-state index contributed by atoms with van der Waals surface area (Å²) in [4.78, 5) is 37.6. The zero-order valence-electron chi connectivity index (χ0n) is 35.7. The minimum Gasteiger partial charge on any atom is -0.462 e. The van der Waals surface area contributed by atoms with Crippen molar-refractivity contribution in [2.24, 2.45) is 0 Å². The first kappa shape index (κ1) is 51.6. The molecule has 0 amide bonds. The highest BCUT2D eigenvalue weighted by atomic mass is 16.6. The van der Waals surface area contributed by atoms with Crippen molar-refractivity contribution in [1.29, 1.82) is 0 Å². The minimum absolute atomic E-state index is 0.0953. The fraction of sp³-hybridized carbons (Fsp3) is 0.812. The lowest BCUT2D eigenvalue weighted by Gasteiger charge is -2.18. The van der Waals surface area contributed by atoms with Gasteiger partial charge in [-0.2, -0.15) is 0 Å². The van der Waals surface area contributed by atoms with Gasteiger partial charge in [0.15, 0.2) is 6.10 Å². The van der Waals surface area contributed by atoms with E-state index in [1.807, 2.05) is 6.08 Å². The summed E-state index contributed by atoms with van der Waals surface area (Å²) in [5.41, 5.74) is 0. The summed E-state index contributed by atoms with van der Waals surface area (Å²) in [6.45, 7) is 6.42. The summed E-state index contributed by atoms with van der Waals surface area (Å²) in [6, 6.07) is 0. The van der Waals surface area contributed by atoms with Crippen molar-refractivity contribution in [3.8, 4) is 0 Å². The SMILES string of the molecule is CC/C=C\C/C=C\C/C=C\CC(=O)OCC(COC(=O)CCCCCCCCCCCCCCCCCCC)OC(=O)CCCCCCCCCCCC. The number of allylic oxidation sites excluding steroid dienone is 5. The van der Waals surface area contributed by atoms with E-state index < -0.39 is 12.1 Å². The summed E-state index contributed by atoms with van der Waals surface area (Å²) < 4.78 is 16.6. The van der Waals surface area contributed by atoms with Gasteiger partial charge in [0.05, 0.1) is 6.42 Å². The average Bonchev–Trinajstić information content (AvgIpc) is 3.17. The summed E-state index contributed by atoms with van der Waals surface area (Å²) in [6.07, 6.45) is 48.8. The second-order valence-electron chi connectivity index (χ2n) is 15.3. The van der Waals surface area contributed by atoms with Gasteiger partial charge in [0, 0.05) is 12.8 Å². The van der Waals surface area contributed by atoms with Crippen molar-refractivity contribution in [1.82, 2.24) is 0 Å². The van der Waals surface area contributed by atoms with Gasteiger partial charge in [-0.05, 0) is 32.1 Å². The normalized spacial score (nSPS) is 12.3. The van der Waals surface area contributed by atoms with E-state index in [4.69, 9.17) is 14.2 Å². The van der Waals surface area contributed by atoms with Crippen LogP contribution in [0.4, 0.5) is 0 Å². The zero-order valence-corrected chi connectivity index (χ0v) is 35.7. The molecule has 0 saturated heterocycles. The Morgan fingerprint density at radius 3 is 1.13 bits per heavy atom. The number of rotatable bonds is 41. The van der Waals surface area contributed by atoms with Gasteiger partial charge in [-0.25, -0.2) is 0 Å². The van der Waals surface area contributed by atoms with E-state index >= 15 is 0 Å². The molecule has 0 aromatic carbocycles. The quantitative estimate of drug-likeness (QED) is 0.0267. The van der Waals surface area contributed by atoms with E-state index in [1.165, 1.54) is 135 Å². The Balaban J connectivity index is 4.31. The molecule has 314 valence electrons. The van der Waals surface area contributed by atoms with E-state index in [2.05, 4.69) is 45.1 Å². The highest BCUT2D eigenvalue weighted by Gasteiger charge is 2.19. The fourth-order valence-electron chi connectivity index (χ4n) is 6.50. The molecule has 1 atom stereocenters. The van der Waals surface area contributed by atoms with Gasteiger partial charge < -0.3 is 14.2 Å². The molecule has 6 heteroatoms.